The molecule has 0 saturated heterocycles. The number of hydrogen-bond donors (Lipinski definition) is 1. The minimum absolute atomic E-state index is 0.242. The van der Waals surface area contributed by atoms with Crippen molar-refractivity contribution in [1.82, 2.24) is 9.24 Å². The lowest BCUT2D eigenvalue weighted by Crippen LogP contribution is -2.32. The molecule has 0 aliphatic heterocycles. The highest BCUT2D eigenvalue weighted by Crippen LogP contribution is 2.40. The van der Waals surface area contributed by atoms with E-state index in [4.69, 9.17) is 4.52 Å². The first kappa shape index (κ1) is 20.8. The van der Waals surface area contributed by atoms with Crippen LogP contribution in [0.25, 0.3) is 17.0 Å². The Morgan fingerprint density at radius 3 is 2.58 bits per heavy atom. The Labute approximate surface area is 157 Å². The molecule has 0 amide bonds. The van der Waals surface area contributed by atoms with Crippen LogP contribution in [0.2, 0.25) is 0 Å². The van der Waals surface area contributed by atoms with Crippen LogP contribution in [0.4, 0.5) is 0 Å². The Hall–Kier alpha value is -1.52. The van der Waals surface area contributed by atoms with Gasteiger partial charge in [-0.05, 0) is 52.3 Å². The van der Waals surface area contributed by atoms with E-state index in [1.54, 1.807) is 0 Å². The van der Waals surface area contributed by atoms with Gasteiger partial charge in [-0.2, -0.15) is 0 Å². The van der Waals surface area contributed by atoms with Gasteiger partial charge in [0.15, 0.2) is 0 Å². The van der Waals surface area contributed by atoms with Gasteiger partial charge in [0.2, 0.25) is 0 Å². The zero-order valence-electron chi connectivity index (χ0n) is 16.0. The second-order valence-electron chi connectivity index (χ2n) is 6.80. The van der Waals surface area contributed by atoms with E-state index < -0.39 is 8.53 Å². The van der Waals surface area contributed by atoms with Gasteiger partial charge in [0.1, 0.15) is 6.29 Å². The molecule has 0 spiro atoms. The van der Waals surface area contributed by atoms with E-state index in [0.717, 1.165) is 35.7 Å². The zero-order valence-corrected chi connectivity index (χ0v) is 16.9. The van der Waals surface area contributed by atoms with Crippen molar-refractivity contribution in [2.45, 2.75) is 52.7 Å². The predicted molar refractivity (Wildman–Crippen MR) is 109 cm³/mol. The average Bonchev–Trinajstić information content (AvgIpc) is 2.94. The lowest BCUT2D eigenvalue weighted by molar-refractivity contribution is -0.104. The van der Waals surface area contributed by atoms with E-state index in [-0.39, 0.29) is 12.1 Å². The number of benzene rings is 1. The fourth-order valence-corrected chi connectivity index (χ4v) is 4.39. The van der Waals surface area contributed by atoms with E-state index in [1.807, 2.05) is 22.9 Å². The molecule has 0 fully saturated rings. The topological polar surface area (TPSA) is 54.7 Å². The van der Waals surface area contributed by atoms with Gasteiger partial charge >= 0.3 is 0 Å². The molecule has 0 radical (unpaired) electrons. The first-order valence-corrected chi connectivity index (χ1v) is 10.2. The summed E-state index contributed by atoms with van der Waals surface area (Å²) >= 11 is 0. The van der Waals surface area contributed by atoms with Crippen molar-refractivity contribution in [3.05, 3.63) is 42.1 Å². The van der Waals surface area contributed by atoms with Crippen molar-refractivity contribution in [3.63, 3.8) is 0 Å². The normalized spacial score (nSPS) is 13.5. The summed E-state index contributed by atoms with van der Waals surface area (Å²) in [6.07, 6.45) is 7.00. The van der Waals surface area contributed by atoms with Crippen LogP contribution in [0, 0.1) is 0 Å². The number of fused-ring (bicyclic) bond motifs is 1. The molecule has 0 saturated carbocycles. The van der Waals surface area contributed by atoms with Gasteiger partial charge in [0, 0.05) is 41.3 Å². The summed E-state index contributed by atoms with van der Waals surface area (Å²) in [5.41, 5.74) is 2.17. The van der Waals surface area contributed by atoms with Crippen molar-refractivity contribution >= 4 is 31.8 Å². The molecule has 1 aromatic carbocycles. The van der Waals surface area contributed by atoms with Crippen LogP contribution in [0.1, 0.15) is 39.7 Å². The average molecular weight is 376 g/mol. The quantitative estimate of drug-likeness (QED) is 0.285. The van der Waals surface area contributed by atoms with Gasteiger partial charge in [-0.15, -0.1) is 0 Å². The molecule has 142 valence electrons. The number of allylic oxidation sites excluding steroid dienone is 1. The maximum absolute atomic E-state index is 10.6. The van der Waals surface area contributed by atoms with Gasteiger partial charge < -0.3 is 14.0 Å². The number of aryl methyl sites for hydroxylation is 1. The molecule has 5 nitrogen and oxygen atoms in total. The van der Waals surface area contributed by atoms with Crippen LogP contribution in [0.15, 0.2) is 36.5 Å². The molecule has 1 heterocycles. The summed E-state index contributed by atoms with van der Waals surface area (Å²) in [6.45, 7) is 9.56. The Morgan fingerprint density at radius 2 is 1.92 bits per heavy atom. The Balaban J connectivity index is 1.98. The summed E-state index contributed by atoms with van der Waals surface area (Å²) in [7, 11) is -1.57. The Bertz CT molecular complexity index is 732. The van der Waals surface area contributed by atoms with E-state index >= 15 is 0 Å². The highest BCUT2D eigenvalue weighted by molar-refractivity contribution is 7.43. The number of carbonyl (C=O) groups is 1. The van der Waals surface area contributed by atoms with Crippen LogP contribution < -0.4 is 0 Å². The summed E-state index contributed by atoms with van der Waals surface area (Å²) < 4.78 is 9.88. The van der Waals surface area contributed by atoms with Gasteiger partial charge in [0.25, 0.3) is 8.53 Å². The van der Waals surface area contributed by atoms with Gasteiger partial charge in [-0.1, -0.05) is 18.2 Å². The lowest BCUT2D eigenvalue weighted by atomic mass is 10.2. The maximum atomic E-state index is 10.6. The molecule has 2 aromatic rings. The van der Waals surface area contributed by atoms with E-state index in [2.05, 4.69) is 50.6 Å². The first-order chi connectivity index (χ1) is 12.5. The van der Waals surface area contributed by atoms with E-state index in [1.165, 1.54) is 6.08 Å². The molecule has 1 atom stereocenters. The number of nitrogens with zero attached hydrogens (tertiary/aromatic N) is 2. The SMILES string of the molecule is CC(C)N(C(C)C)P(O)OCCCn1cc(C=CC=O)c2ccccc21. The molecular formula is C20H29N2O3P. The molecule has 0 aliphatic carbocycles. The van der Waals surface area contributed by atoms with Crippen LogP contribution >= 0.6 is 8.53 Å². The van der Waals surface area contributed by atoms with E-state index in [0.29, 0.717) is 6.61 Å². The third kappa shape index (κ3) is 5.24. The summed E-state index contributed by atoms with van der Waals surface area (Å²) in [5.74, 6) is 0. The second-order valence-corrected chi connectivity index (χ2v) is 8.02. The number of aromatic nitrogens is 1. The van der Waals surface area contributed by atoms with E-state index in [9.17, 15) is 9.69 Å². The van der Waals surface area contributed by atoms with Crippen molar-refractivity contribution in [3.8, 4) is 0 Å². The summed E-state index contributed by atoms with van der Waals surface area (Å²) in [6, 6.07) is 8.63. The summed E-state index contributed by atoms with van der Waals surface area (Å²) in [4.78, 5) is 20.9. The van der Waals surface area contributed by atoms with Crippen molar-refractivity contribution in [2.24, 2.45) is 0 Å². The highest BCUT2D eigenvalue weighted by atomic mass is 31.2. The van der Waals surface area contributed by atoms with Gasteiger partial charge in [-0.3, -0.25) is 4.79 Å². The van der Waals surface area contributed by atoms with Crippen molar-refractivity contribution in [2.75, 3.05) is 6.61 Å². The van der Waals surface area contributed by atoms with Crippen LogP contribution in [0.3, 0.4) is 0 Å². The highest BCUT2D eigenvalue weighted by Gasteiger charge is 2.23. The number of aldehydes is 1. The predicted octanol–water partition coefficient (Wildman–Crippen LogP) is 4.60. The third-order valence-corrected chi connectivity index (χ3v) is 5.91. The van der Waals surface area contributed by atoms with Crippen LogP contribution in [-0.2, 0) is 15.9 Å². The van der Waals surface area contributed by atoms with Gasteiger partial charge in [0.05, 0.1) is 6.61 Å². The number of carbonyl (C=O) groups excluding carboxylic acids is 1. The summed E-state index contributed by atoms with van der Waals surface area (Å²) in [5, 5.41) is 1.13. The molecule has 1 N–H and O–H groups in total. The number of rotatable bonds is 10. The Kier molecular flexibility index (Phi) is 7.98. The van der Waals surface area contributed by atoms with Crippen molar-refractivity contribution in [1.29, 1.82) is 0 Å². The molecule has 0 aliphatic rings. The number of para-hydroxylation sites is 1. The third-order valence-electron chi connectivity index (χ3n) is 4.18. The molecular weight excluding hydrogens is 347 g/mol. The molecule has 1 unspecified atom stereocenters. The molecule has 26 heavy (non-hydrogen) atoms. The first-order valence-electron chi connectivity index (χ1n) is 9.05. The molecule has 1 aromatic heterocycles. The largest absolute Gasteiger partial charge is 0.347 e. The fourth-order valence-electron chi connectivity index (χ4n) is 3.18. The zero-order chi connectivity index (χ0) is 19.1. The molecule has 2 rings (SSSR count). The minimum Gasteiger partial charge on any atom is -0.347 e. The Morgan fingerprint density at radius 1 is 1.23 bits per heavy atom. The lowest BCUT2D eigenvalue weighted by Gasteiger charge is -2.32. The monoisotopic (exact) mass is 376 g/mol. The van der Waals surface area contributed by atoms with Crippen LogP contribution in [-0.4, -0.2) is 39.1 Å². The minimum atomic E-state index is -1.57. The second kappa shape index (κ2) is 9.98. The van der Waals surface area contributed by atoms with Crippen LogP contribution in [0.5, 0.6) is 0 Å². The maximum Gasteiger partial charge on any atom is 0.256 e. The smallest absolute Gasteiger partial charge is 0.256 e. The molecule has 0 bridgehead atoms. The number of hydrogen-bond acceptors (Lipinski definition) is 4. The van der Waals surface area contributed by atoms with Crippen molar-refractivity contribution < 1.29 is 14.2 Å². The van der Waals surface area contributed by atoms with Gasteiger partial charge in [-0.25, -0.2) is 4.67 Å². The standard InChI is InChI=1S/C20H29N2O3P/c1-16(2)22(17(3)4)26(24)25-14-8-12-21-15-18(9-7-13-23)19-10-5-6-11-20(19)21/h5-7,9-11,13,15-17,24H,8,12,14H2,1-4H3. The molecule has 6 heteroatoms. The fraction of sp³-hybridized carbons (Fsp3) is 0.450.